The van der Waals surface area contributed by atoms with Crippen molar-refractivity contribution in [3.8, 4) is 17.2 Å². The third-order valence-corrected chi connectivity index (χ3v) is 8.67. The molecule has 0 radical (unpaired) electrons. The van der Waals surface area contributed by atoms with Gasteiger partial charge in [0, 0.05) is 50.0 Å². The monoisotopic (exact) mass is 613 g/mol. The lowest BCUT2D eigenvalue weighted by molar-refractivity contribution is -0.143. The maximum absolute atomic E-state index is 13.0. The van der Waals surface area contributed by atoms with E-state index >= 15 is 0 Å². The Balaban J connectivity index is 1.09. The Morgan fingerprint density at radius 2 is 1.59 bits per heavy atom. The summed E-state index contributed by atoms with van der Waals surface area (Å²) in [4.78, 5) is 29.4. The molecule has 4 aromatic rings. The molecule has 44 heavy (non-hydrogen) atoms. The lowest BCUT2D eigenvalue weighted by Crippen LogP contribution is -2.56. The molecule has 230 valence electrons. The molecular weight excluding hydrogens is 574 g/mol. The molecule has 0 bridgehead atoms. The van der Waals surface area contributed by atoms with Crippen LogP contribution in [0.25, 0.3) is 5.69 Å². The number of hydrogen-bond donors (Lipinski definition) is 0. The van der Waals surface area contributed by atoms with E-state index < -0.39 is 0 Å². The molecule has 1 unspecified atom stereocenters. The van der Waals surface area contributed by atoms with Crippen LogP contribution in [0.15, 0.2) is 90.1 Å². The standard InChI is InChI=1S/C34H39N5O4S/c1-26-24-37(20-21-38(26)33(41)25-43-30-13-7-4-8-14-30)32(40)15-9-10-22-44-34-36-35-31(23-27-11-5-3-6-12-27)39(34)28-16-18-29(42-2)19-17-28/h3-8,11-14,16-19,26H,9-10,15,20-25H2,1-2H3. The number of benzene rings is 3. The normalized spacial score (nSPS) is 14.8. The average Bonchev–Trinajstić information content (AvgIpc) is 3.46. The van der Waals surface area contributed by atoms with Gasteiger partial charge >= 0.3 is 0 Å². The first kappa shape index (κ1) is 31.1. The highest BCUT2D eigenvalue weighted by atomic mass is 32.2. The molecule has 2 amide bonds. The highest BCUT2D eigenvalue weighted by Crippen LogP contribution is 2.26. The van der Waals surface area contributed by atoms with Gasteiger partial charge < -0.3 is 19.3 Å². The predicted molar refractivity (Wildman–Crippen MR) is 171 cm³/mol. The number of ether oxygens (including phenoxy) is 2. The lowest BCUT2D eigenvalue weighted by Gasteiger charge is -2.40. The number of unbranched alkanes of at least 4 members (excludes halogenated alkanes) is 1. The van der Waals surface area contributed by atoms with Crippen molar-refractivity contribution in [2.45, 2.75) is 43.8 Å². The highest BCUT2D eigenvalue weighted by molar-refractivity contribution is 7.99. The van der Waals surface area contributed by atoms with Gasteiger partial charge in [0.2, 0.25) is 5.91 Å². The maximum Gasteiger partial charge on any atom is 0.260 e. The van der Waals surface area contributed by atoms with E-state index in [1.165, 1.54) is 5.56 Å². The van der Waals surface area contributed by atoms with E-state index in [0.29, 0.717) is 38.2 Å². The summed E-state index contributed by atoms with van der Waals surface area (Å²) in [7, 11) is 1.66. The van der Waals surface area contributed by atoms with Gasteiger partial charge in [-0.25, -0.2) is 0 Å². The summed E-state index contributed by atoms with van der Waals surface area (Å²) in [6.07, 6.45) is 2.83. The van der Waals surface area contributed by atoms with Gasteiger partial charge in [-0.2, -0.15) is 0 Å². The summed E-state index contributed by atoms with van der Waals surface area (Å²) in [5, 5.41) is 9.89. The molecule has 1 atom stereocenters. The Morgan fingerprint density at radius 3 is 2.30 bits per heavy atom. The molecule has 0 saturated carbocycles. The van der Waals surface area contributed by atoms with Gasteiger partial charge in [-0.15, -0.1) is 10.2 Å². The topological polar surface area (TPSA) is 89.8 Å². The number of carbonyl (C=O) groups excluding carboxylic acids is 2. The van der Waals surface area contributed by atoms with Crippen molar-refractivity contribution >= 4 is 23.6 Å². The molecule has 3 aromatic carbocycles. The van der Waals surface area contributed by atoms with Gasteiger partial charge in [-0.3, -0.25) is 14.2 Å². The number of thioether (sulfide) groups is 1. The fraction of sp³-hybridized carbons (Fsp3) is 0.353. The Kier molecular flexibility index (Phi) is 10.9. The first-order chi connectivity index (χ1) is 21.5. The zero-order valence-electron chi connectivity index (χ0n) is 25.3. The van der Waals surface area contributed by atoms with Crippen LogP contribution in [0.3, 0.4) is 0 Å². The number of piperazine rings is 1. The van der Waals surface area contributed by atoms with Crippen LogP contribution in [0.4, 0.5) is 0 Å². The second-order valence-corrected chi connectivity index (χ2v) is 11.8. The molecule has 1 fully saturated rings. The third-order valence-electron chi connectivity index (χ3n) is 7.66. The number of rotatable bonds is 13. The lowest BCUT2D eigenvalue weighted by atomic mass is 10.1. The van der Waals surface area contributed by atoms with Gasteiger partial charge in [0.05, 0.1) is 7.11 Å². The molecular formula is C34H39N5O4S. The molecule has 0 N–H and O–H groups in total. The van der Waals surface area contributed by atoms with Crippen LogP contribution in [-0.2, 0) is 16.0 Å². The van der Waals surface area contributed by atoms with Crippen molar-refractivity contribution in [1.29, 1.82) is 0 Å². The quantitative estimate of drug-likeness (QED) is 0.150. The number of para-hydroxylation sites is 1. The van der Waals surface area contributed by atoms with Crippen LogP contribution >= 0.6 is 11.8 Å². The number of nitrogens with zero attached hydrogens (tertiary/aromatic N) is 5. The largest absolute Gasteiger partial charge is 0.497 e. The Hall–Kier alpha value is -4.31. The molecule has 10 heteroatoms. The molecule has 2 heterocycles. The molecule has 1 aliphatic heterocycles. The first-order valence-corrected chi connectivity index (χ1v) is 16.0. The minimum atomic E-state index is -0.0557. The van der Waals surface area contributed by atoms with Crippen molar-refractivity contribution in [3.63, 3.8) is 0 Å². The number of methoxy groups -OCH3 is 1. The van der Waals surface area contributed by atoms with Crippen molar-refractivity contribution in [3.05, 3.63) is 96.3 Å². The zero-order valence-corrected chi connectivity index (χ0v) is 26.1. The summed E-state index contributed by atoms with van der Waals surface area (Å²) < 4.78 is 13.1. The van der Waals surface area contributed by atoms with Crippen LogP contribution < -0.4 is 9.47 Å². The number of amides is 2. The number of aromatic nitrogens is 3. The van der Waals surface area contributed by atoms with Crippen molar-refractivity contribution < 1.29 is 19.1 Å². The molecule has 9 nitrogen and oxygen atoms in total. The fourth-order valence-corrected chi connectivity index (χ4v) is 6.25. The summed E-state index contributed by atoms with van der Waals surface area (Å²) in [6, 6.07) is 27.5. The summed E-state index contributed by atoms with van der Waals surface area (Å²) in [5.74, 6) is 3.25. The van der Waals surface area contributed by atoms with Crippen LogP contribution in [0.1, 0.15) is 37.6 Å². The number of hydrogen-bond acceptors (Lipinski definition) is 7. The summed E-state index contributed by atoms with van der Waals surface area (Å²) in [5.41, 5.74) is 2.16. The molecule has 1 saturated heterocycles. The van der Waals surface area contributed by atoms with E-state index in [4.69, 9.17) is 9.47 Å². The van der Waals surface area contributed by atoms with E-state index in [1.54, 1.807) is 18.9 Å². The molecule has 0 aliphatic carbocycles. The Bertz CT molecular complexity index is 1500. The van der Waals surface area contributed by atoms with Gasteiger partial charge in [0.15, 0.2) is 11.8 Å². The van der Waals surface area contributed by atoms with E-state index in [-0.39, 0.29) is 24.5 Å². The van der Waals surface area contributed by atoms with Crippen molar-refractivity contribution in [1.82, 2.24) is 24.6 Å². The van der Waals surface area contributed by atoms with Gasteiger partial charge in [-0.1, -0.05) is 60.3 Å². The van der Waals surface area contributed by atoms with Crippen LogP contribution in [0, 0.1) is 0 Å². The first-order valence-electron chi connectivity index (χ1n) is 15.0. The van der Waals surface area contributed by atoms with Crippen LogP contribution in [0.5, 0.6) is 11.5 Å². The minimum Gasteiger partial charge on any atom is -0.497 e. The molecule has 1 aromatic heterocycles. The van der Waals surface area contributed by atoms with E-state index in [9.17, 15) is 9.59 Å². The van der Waals surface area contributed by atoms with Gasteiger partial charge in [-0.05, 0) is 61.7 Å². The van der Waals surface area contributed by atoms with E-state index in [2.05, 4.69) is 26.9 Å². The van der Waals surface area contributed by atoms with Crippen molar-refractivity contribution in [2.75, 3.05) is 39.1 Å². The second kappa shape index (κ2) is 15.4. The smallest absolute Gasteiger partial charge is 0.260 e. The van der Waals surface area contributed by atoms with Crippen LogP contribution in [0.2, 0.25) is 0 Å². The zero-order chi connectivity index (χ0) is 30.7. The van der Waals surface area contributed by atoms with Gasteiger partial charge in [0.1, 0.15) is 17.3 Å². The molecule has 1 aliphatic rings. The summed E-state index contributed by atoms with van der Waals surface area (Å²) in [6.45, 7) is 3.59. The highest BCUT2D eigenvalue weighted by Gasteiger charge is 2.29. The van der Waals surface area contributed by atoms with Gasteiger partial charge in [0.25, 0.3) is 5.91 Å². The Labute approximate surface area is 263 Å². The fourth-order valence-electron chi connectivity index (χ4n) is 5.28. The SMILES string of the molecule is COc1ccc(-n2c(Cc3ccccc3)nnc2SCCCCC(=O)N2CCN(C(=O)COc3ccccc3)C(C)C2)cc1. The van der Waals surface area contributed by atoms with Crippen LogP contribution in [-0.4, -0.2) is 81.5 Å². The number of carbonyl (C=O) groups is 2. The summed E-state index contributed by atoms with van der Waals surface area (Å²) >= 11 is 1.65. The predicted octanol–water partition coefficient (Wildman–Crippen LogP) is 5.27. The van der Waals surface area contributed by atoms with E-state index in [0.717, 1.165) is 41.0 Å². The Morgan fingerprint density at radius 1 is 0.864 bits per heavy atom. The second-order valence-electron chi connectivity index (χ2n) is 10.8. The molecule has 0 spiro atoms. The van der Waals surface area contributed by atoms with E-state index in [1.807, 2.05) is 89.5 Å². The van der Waals surface area contributed by atoms with Crippen molar-refractivity contribution in [2.24, 2.45) is 0 Å². The average molecular weight is 614 g/mol. The molecule has 5 rings (SSSR count). The third kappa shape index (κ3) is 8.19. The maximum atomic E-state index is 13.0. The minimum absolute atomic E-state index is 0.0000593.